The van der Waals surface area contributed by atoms with E-state index in [1.807, 2.05) is 4.72 Å². The summed E-state index contributed by atoms with van der Waals surface area (Å²) in [4.78, 5) is -1.12. The van der Waals surface area contributed by atoms with Crippen molar-refractivity contribution in [2.75, 3.05) is 11.8 Å². The predicted molar refractivity (Wildman–Crippen MR) is 140 cm³/mol. The molecule has 1 aromatic heterocycles. The number of nitrogens with zero attached hydrogens (tertiary/aromatic N) is 1. The highest BCUT2D eigenvalue weighted by Crippen LogP contribution is 2.49. The number of hydrogen-bond acceptors (Lipinski definition) is 5. The zero-order valence-corrected chi connectivity index (χ0v) is 23.4. The van der Waals surface area contributed by atoms with Crippen LogP contribution >= 0.6 is 0 Å². The van der Waals surface area contributed by atoms with Crippen molar-refractivity contribution < 1.29 is 52.0 Å². The summed E-state index contributed by atoms with van der Waals surface area (Å²) >= 11 is 0. The number of aryl methyl sites for hydroxylation is 1. The van der Waals surface area contributed by atoms with Crippen LogP contribution in [0.3, 0.4) is 0 Å². The highest BCUT2D eigenvalue weighted by atomic mass is 32.2. The molecule has 1 fully saturated rings. The van der Waals surface area contributed by atoms with Gasteiger partial charge in [0.05, 0.1) is 14.7 Å². The molecule has 0 spiro atoms. The van der Waals surface area contributed by atoms with Gasteiger partial charge in [-0.25, -0.2) is 47.2 Å². The second-order valence-corrected chi connectivity index (χ2v) is 14.1. The van der Waals surface area contributed by atoms with E-state index in [1.54, 1.807) is 6.92 Å². The number of hydrogen-bond donors (Lipinski definition) is 1. The van der Waals surface area contributed by atoms with Gasteiger partial charge in [-0.1, -0.05) is 17.7 Å². The van der Waals surface area contributed by atoms with Crippen LogP contribution in [0.15, 0.2) is 52.4 Å². The molecule has 0 radical (unpaired) electrons. The molecular weight excluding hydrogens is 610 g/mol. The minimum absolute atomic E-state index is 0.280. The van der Waals surface area contributed by atoms with Crippen molar-refractivity contribution in [3.8, 4) is 0 Å². The van der Waals surface area contributed by atoms with Gasteiger partial charge in [-0.3, -0.25) is 4.72 Å². The van der Waals surface area contributed by atoms with Crippen molar-refractivity contribution in [3.05, 3.63) is 76.6 Å². The van der Waals surface area contributed by atoms with E-state index >= 15 is 0 Å². The number of sulfonamides is 1. The zero-order chi connectivity index (χ0) is 33.3. The van der Waals surface area contributed by atoms with Crippen LogP contribution in [-0.4, -0.2) is 45.8 Å². The average Bonchev–Trinajstić information content (AvgIpc) is 3.28. The van der Waals surface area contributed by atoms with Gasteiger partial charge in [-0.15, -0.1) is 0 Å². The van der Waals surface area contributed by atoms with Crippen molar-refractivity contribution in [2.45, 2.75) is 72.7 Å². The van der Waals surface area contributed by atoms with Crippen molar-refractivity contribution in [2.24, 2.45) is 0 Å². The minimum Gasteiger partial charge on any atom is -0.372 e. The summed E-state index contributed by atoms with van der Waals surface area (Å²) in [5.41, 5.74) is -4.10. The Morgan fingerprint density at radius 2 is 1.74 bits per heavy atom. The van der Waals surface area contributed by atoms with E-state index in [2.05, 4.69) is 0 Å². The Kier molecular flexibility index (Phi) is 6.52. The number of rotatable bonds is 8. The van der Waals surface area contributed by atoms with Crippen LogP contribution in [0.5, 0.6) is 0 Å². The number of anilines is 1. The van der Waals surface area contributed by atoms with Gasteiger partial charge >= 0.3 is 0 Å². The van der Waals surface area contributed by atoms with Gasteiger partial charge in [0.2, 0.25) is 5.92 Å². The van der Waals surface area contributed by atoms with Gasteiger partial charge in [0.15, 0.2) is 0 Å². The Bertz CT molecular complexity index is 1860. The van der Waals surface area contributed by atoms with Gasteiger partial charge in [-0.2, -0.15) is 0 Å². The van der Waals surface area contributed by atoms with Crippen LogP contribution in [0.25, 0.3) is 0 Å². The molecule has 5 rings (SSSR count). The first-order chi connectivity index (χ1) is 20.6. The SMILES string of the molecule is [2H]C([2H])([2H])O[C@@]1(C(F)F)CCc2c(S(=O)(=O)Nc3cc(F)c(C4CC(F)(F)C4)cc3F)cn(S(=O)(=O)c3ccc(C)cc3)c2C1. The summed E-state index contributed by atoms with van der Waals surface area (Å²) < 4.78 is 169. The molecule has 0 amide bonds. The van der Waals surface area contributed by atoms with Crippen LogP contribution in [0.4, 0.5) is 32.0 Å². The van der Waals surface area contributed by atoms with Gasteiger partial charge in [0, 0.05) is 44.3 Å². The van der Waals surface area contributed by atoms with Crippen LogP contribution in [0.1, 0.15) is 51.7 Å². The quantitative estimate of drug-likeness (QED) is 0.316. The highest BCUT2D eigenvalue weighted by molar-refractivity contribution is 7.93. The lowest BCUT2D eigenvalue weighted by Gasteiger charge is -2.35. The third kappa shape index (κ3) is 5.19. The molecule has 1 N–H and O–H groups in total. The Balaban J connectivity index is 1.60. The lowest BCUT2D eigenvalue weighted by atomic mass is 9.76. The molecule has 7 nitrogen and oxygen atoms in total. The van der Waals surface area contributed by atoms with E-state index < -0.39 is 111 Å². The maximum absolute atomic E-state index is 15.0. The van der Waals surface area contributed by atoms with Crippen LogP contribution in [0, 0.1) is 18.6 Å². The summed E-state index contributed by atoms with van der Waals surface area (Å²) in [6.07, 6.45) is -6.57. The molecule has 3 aromatic rings. The molecule has 2 aliphatic carbocycles. The molecular formula is C27H26F6N2O5S2. The van der Waals surface area contributed by atoms with E-state index in [0.29, 0.717) is 27.9 Å². The molecule has 0 bridgehead atoms. The third-order valence-electron chi connectivity index (χ3n) is 7.74. The summed E-state index contributed by atoms with van der Waals surface area (Å²) in [6.45, 7) is 1.67. The maximum atomic E-state index is 15.0. The number of fused-ring (bicyclic) bond motifs is 1. The Morgan fingerprint density at radius 1 is 1.07 bits per heavy atom. The lowest BCUT2D eigenvalue weighted by Crippen LogP contribution is -2.45. The summed E-state index contributed by atoms with van der Waals surface area (Å²) in [5, 5.41) is 0. The van der Waals surface area contributed by atoms with E-state index in [1.165, 1.54) is 24.3 Å². The highest BCUT2D eigenvalue weighted by Gasteiger charge is 2.48. The predicted octanol–water partition coefficient (Wildman–Crippen LogP) is 5.76. The molecule has 1 heterocycles. The molecule has 0 unspecified atom stereocenters. The first-order valence-corrected chi connectivity index (χ1v) is 15.5. The van der Waals surface area contributed by atoms with E-state index in [-0.39, 0.29) is 16.0 Å². The largest absolute Gasteiger partial charge is 0.372 e. The molecule has 2 aromatic carbocycles. The minimum atomic E-state index is -4.96. The van der Waals surface area contributed by atoms with Crippen LogP contribution in [-0.2, 0) is 37.6 Å². The third-order valence-corrected chi connectivity index (χ3v) is 10.9. The van der Waals surface area contributed by atoms with Crippen LogP contribution < -0.4 is 4.72 Å². The lowest BCUT2D eigenvalue weighted by molar-refractivity contribution is -0.128. The van der Waals surface area contributed by atoms with Gasteiger partial charge in [0.25, 0.3) is 26.5 Å². The summed E-state index contributed by atoms with van der Waals surface area (Å²) in [5.74, 6) is -6.47. The Hall–Kier alpha value is -3.04. The topological polar surface area (TPSA) is 94.5 Å². The summed E-state index contributed by atoms with van der Waals surface area (Å²) in [6, 6.07) is 6.34. The molecule has 0 aliphatic heterocycles. The molecule has 42 heavy (non-hydrogen) atoms. The Morgan fingerprint density at radius 3 is 2.33 bits per heavy atom. The first kappa shape index (κ1) is 26.6. The molecule has 1 atom stereocenters. The van der Waals surface area contributed by atoms with Gasteiger partial charge in [-0.05, 0) is 55.0 Å². The van der Waals surface area contributed by atoms with Crippen molar-refractivity contribution in [3.63, 3.8) is 0 Å². The zero-order valence-electron chi connectivity index (χ0n) is 24.8. The first-order valence-electron chi connectivity index (χ1n) is 14.1. The molecule has 228 valence electrons. The van der Waals surface area contributed by atoms with Crippen molar-refractivity contribution in [1.82, 2.24) is 3.97 Å². The number of nitrogens with one attached hydrogen (secondary N) is 1. The second kappa shape index (κ2) is 10.3. The van der Waals surface area contributed by atoms with Crippen molar-refractivity contribution >= 4 is 25.7 Å². The smallest absolute Gasteiger partial charge is 0.267 e. The fourth-order valence-electron chi connectivity index (χ4n) is 5.32. The van der Waals surface area contributed by atoms with Crippen LogP contribution in [0.2, 0.25) is 0 Å². The molecule has 1 saturated carbocycles. The summed E-state index contributed by atoms with van der Waals surface area (Å²) in [7, 11) is -13.0. The number of halogens is 6. The number of ether oxygens (including phenoxy) is 1. The average molecular weight is 640 g/mol. The van der Waals surface area contributed by atoms with E-state index in [4.69, 9.17) is 8.85 Å². The fraction of sp³-hybridized carbons (Fsp3) is 0.407. The van der Waals surface area contributed by atoms with Gasteiger partial charge in [0.1, 0.15) is 22.1 Å². The number of alkyl halides is 4. The fourth-order valence-corrected chi connectivity index (χ4v) is 8.15. The number of aromatic nitrogens is 1. The van der Waals surface area contributed by atoms with E-state index in [9.17, 15) is 43.2 Å². The standard InChI is InChI=1S/C27H26F6N2O5S2/c1-15-3-5-17(6-4-15)42(38,39)35-14-24(18-7-8-26(40-2,25(30)31)13-23(18)35)41(36,37)34-22-10-20(28)19(9-21(22)29)16-11-27(32,33)12-16/h3-6,9-10,14,16,25,34H,7-8,11-13H2,1-2H3/t26-/m0/s1/i2D3. The number of methoxy groups -OCH3 is 1. The molecule has 15 heteroatoms. The second-order valence-electron chi connectivity index (χ2n) is 10.6. The Labute approximate surface area is 242 Å². The monoisotopic (exact) mass is 639 g/mol. The molecule has 2 aliphatic rings. The maximum Gasteiger partial charge on any atom is 0.267 e. The number of benzene rings is 2. The van der Waals surface area contributed by atoms with Crippen molar-refractivity contribution in [1.29, 1.82) is 0 Å². The normalized spacial score (nSPS) is 22.1. The molecule has 0 saturated heterocycles. The van der Waals surface area contributed by atoms with E-state index in [0.717, 1.165) is 0 Å². The van der Waals surface area contributed by atoms with Gasteiger partial charge < -0.3 is 4.74 Å².